The summed E-state index contributed by atoms with van der Waals surface area (Å²) < 4.78 is 0. The van der Waals surface area contributed by atoms with E-state index >= 15 is 0 Å². The van der Waals surface area contributed by atoms with Crippen LogP contribution in [0.1, 0.15) is 16.8 Å². The maximum Gasteiger partial charge on any atom is 0.162 e. The van der Waals surface area contributed by atoms with Crippen molar-refractivity contribution in [3.8, 4) is 11.4 Å². The maximum atomic E-state index is 4.75. The van der Waals surface area contributed by atoms with E-state index in [0.29, 0.717) is 5.82 Å². The number of fused-ring (bicyclic) bond motifs is 2. The molecular formula is C21H18N6. The number of aromatic nitrogens is 5. The highest BCUT2D eigenvalue weighted by Crippen LogP contribution is 2.23. The van der Waals surface area contributed by atoms with Crippen LogP contribution in [0.2, 0.25) is 0 Å². The Bertz CT molecular complexity index is 1090. The Morgan fingerprint density at radius 3 is 2.78 bits per heavy atom. The third kappa shape index (κ3) is 3.15. The summed E-state index contributed by atoms with van der Waals surface area (Å²) in [7, 11) is 0. The Hall–Kier alpha value is -3.25. The van der Waals surface area contributed by atoms with Gasteiger partial charge in [0, 0.05) is 61.8 Å². The fraction of sp³-hybridized carbons (Fsp3) is 0.190. The first-order chi connectivity index (χ1) is 13.4. The molecule has 1 aliphatic rings. The Morgan fingerprint density at radius 2 is 1.85 bits per heavy atom. The van der Waals surface area contributed by atoms with E-state index in [9.17, 15) is 0 Å². The second-order valence-electron chi connectivity index (χ2n) is 6.74. The van der Waals surface area contributed by atoms with Crippen molar-refractivity contribution >= 4 is 10.9 Å². The molecule has 4 heterocycles. The Balaban J connectivity index is 1.38. The minimum Gasteiger partial charge on any atom is -0.294 e. The highest BCUT2D eigenvalue weighted by molar-refractivity contribution is 5.81. The van der Waals surface area contributed by atoms with Crippen molar-refractivity contribution in [3.63, 3.8) is 0 Å². The van der Waals surface area contributed by atoms with Gasteiger partial charge in [0.15, 0.2) is 5.82 Å². The summed E-state index contributed by atoms with van der Waals surface area (Å²) in [5.74, 6) is 0.697. The molecule has 5 rings (SSSR count). The lowest BCUT2D eigenvalue weighted by Crippen LogP contribution is -2.31. The van der Waals surface area contributed by atoms with Crippen molar-refractivity contribution in [2.24, 2.45) is 0 Å². The largest absolute Gasteiger partial charge is 0.294 e. The van der Waals surface area contributed by atoms with Gasteiger partial charge in [-0.25, -0.2) is 19.9 Å². The minimum atomic E-state index is 0.697. The molecule has 0 saturated carbocycles. The first-order valence-corrected chi connectivity index (χ1v) is 9.02. The summed E-state index contributed by atoms with van der Waals surface area (Å²) in [4.78, 5) is 24.3. The Labute approximate surface area is 157 Å². The number of nitrogens with zero attached hydrogens (tertiary/aromatic N) is 6. The summed E-state index contributed by atoms with van der Waals surface area (Å²) in [6.45, 7) is 2.74. The second-order valence-corrected chi connectivity index (χ2v) is 6.74. The van der Waals surface area contributed by atoms with E-state index in [-0.39, 0.29) is 0 Å². The Kier molecular flexibility index (Phi) is 4.03. The summed E-state index contributed by atoms with van der Waals surface area (Å²) in [6.07, 6.45) is 9.77. The predicted molar refractivity (Wildman–Crippen MR) is 103 cm³/mol. The Morgan fingerprint density at radius 1 is 0.963 bits per heavy atom. The fourth-order valence-electron chi connectivity index (χ4n) is 3.60. The van der Waals surface area contributed by atoms with E-state index in [4.69, 9.17) is 4.98 Å². The summed E-state index contributed by atoms with van der Waals surface area (Å²) in [5, 5.41) is 1.22. The van der Waals surface area contributed by atoms with Crippen LogP contribution in [0, 0.1) is 0 Å². The second kappa shape index (κ2) is 6.81. The van der Waals surface area contributed by atoms with Gasteiger partial charge in [0.05, 0.1) is 16.8 Å². The lowest BCUT2D eigenvalue weighted by molar-refractivity contribution is 0.244. The standard InChI is InChI=1S/C21H18N6/c1-2-4-20-18(3-1)15(5-7-24-20)12-27-8-6-19-17(13-27)11-25-21(26-19)16-9-22-14-23-10-16/h1-5,7,9-11,14H,6,8,12-13H2. The molecule has 3 aromatic heterocycles. The van der Waals surface area contributed by atoms with E-state index in [1.54, 1.807) is 12.4 Å². The molecule has 0 saturated heterocycles. The van der Waals surface area contributed by atoms with Crippen LogP contribution in [-0.2, 0) is 19.5 Å². The molecule has 27 heavy (non-hydrogen) atoms. The first-order valence-electron chi connectivity index (χ1n) is 9.02. The van der Waals surface area contributed by atoms with Gasteiger partial charge >= 0.3 is 0 Å². The number of pyridine rings is 1. The van der Waals surface area contributed by atoms with Crippen molar-refractivity contribution in [3.05, 3.63) is 78.3 Å². The van der Waals surface area contributed by atoms with Gasteiger partial charge in [-0.1, -0.05) is 18.2 Å². The van der Waals surface area contributed by atoms with Crippen molar-refractivity contribution in [1.82, 2.24) is 29.8 Å². The molecule has 6 nitrogen and oxygen atoms in total. The molecule has 0 fully saturated rings. The van der Waals surface area contributed by atoms with Gasteiger partial charge in [-0.15, -0.1) is 0 Å². The number of hydrogen-bond donors (Lipinski definition) is 0. The maximum absolute atomic E-state index is 4.75. The summed E-state index contributed by atoms with van der Waals surface area (Å²) in [6, 6.07) is 10.4. The molecule has 0 aliphatic carbocycles. The predicted octanol–water partition coefficient (Wildman–Crippen LogP) is 3.04. The van der Waals surface area contributed by atoms with Gasteiger partial charge < -0.3 is 0 Å². The van der Waals surface area contributed by atoms with Crippen LogP contribution < -0.4 is 0 Å². The van der Waals surface area contributed by atoms with Crippen LogP contribution in [0.15, 0.2) is 61.4 Å². The van der Waals surface area contributed by atoms with Gasteiger partial charge in [0.2, 0.25) is 0 Å². The van der Waals surface area contributed by atoms with Gasteiger partial charge in [-0.2, -0.15) is 0 Å². The molecule has 4 aromatic rings. The molecule has 0 spiro atoms. The quantitative estimate of drug-likeness (QED) is 0.563. The van der Waals surface area contributed by atoms with E-state index in [0.717, 1.165) is 42.8 Å². The van der Waals surface area contributed by atoms with Gasteiger partial charge in [-0.05, 0) is 17.7 Å². The third-order valence-corrected chi connectivity index (χ3v) is 4.97. The molecule has 0 atom stereocenters. The van der Waals surface area contributed by atoms with Crippen LogP contribution >= 0.6 is 0 Å². The van der Waals surface area contributed by atoms with E-state index in [1.165, 1.54) is 22.8 Å². The fourth-order valence-corrected chi connectivity index (χ4v) is 3.60. The number of benzene rings is 1. The zero-order valence-corrected chi connectivity index (χ0v) is 14.8. The van der Waals surface area contributed by atoms with Crippen molar-refractivity contribution in [1.29, 1.82) is 0 Å². The molecule has 132 valence electrons. The highest BCUT2D eigenvalue weighted by atomic mass is 15.1. The smallest absolute Gasteiger partial charge is 0.162 e. The van der Waals surface area contributed by atoms with Crippen molar-refractivity contribution < 1.29 is 0 Å². The number of hydrogen-bond acceptors (Lipinski definition) is 6. The molecule has 1 aromatic carbocycles. The third-order valence-electron chi connectivity index (χ3n) is 4.97. The summed E-state index contributed by atoms with van der Waals surface area (Å²) in [5.41, 5.74) is 5.53. The topological polar surface area (TPSA) is 67.7 Å². The molecule has 0 bridgehead atoms. The van der Waals surface area contributed by atoms with Gasteiger partial charge in [0.25, 0.3) is 0 Å². The van der Waals surface area contributed by atoms with Crippen LogP contribution in [0.3, 0.4) is 0 Å². The van der Waals surface area contributed by atoms with Gasteiger partial charge in [-0.3, -0.25) is 9.88 Å². The van der Waals surface area contributed by atoms with Crippen LogP contribution in [-0.4, -0.2) is 36.4 Å². The molecule has 6 heteroatoms. The average Bonchev–Trinajstić information content (AvgIpc) is 2.74. The molecule has 0 N–H and O–H groups in total. The zero-order chi connectivity index (χ0) is 18.1. The SMILES string of the molecule is c1ccc2c(CN3CCc4nc(-c5cncnc5)ncc4C3)ccnc2c1. The minimum absolute atomic E-state index is 0.697. The number of rotatable bonds is 3. The summed E-state index contributed by atoms with van der Waals surface area (Å²) >= 11 is 0. The lowest BCUT2D eigenvalue weighted by atomic mass is 10.0. The average molecular weight is 354 g/mol. The molecule has 0 amide bonds. The lowest BCUT2D eigenvalue weighted by Gasteiger charge is -2.28. The molecule has 0 radical (unpaired) electrons. The molecule has 1 aliphatic heterocycles. The number of para-hydroxylation sites is 1. The van der Waals surface area contributed by atoms with E-state index in [2.05, 4.69) is 49.1 Å². The highest BCUT2D eigenvalue weighted by Gasteiger charge is 2.19. The van der Waals surface area contributed by atoms with Gasteiger partial charge in [0.1, 0.15) is 6.33 Å². The van der Waals surface area contributed by atoms with Crippen molar-refractivity contribution in [2.45, 2.75) is 19.5 Å². The monoisotopic (exact) mass is 354 g/mol. The van der Waals surface area contributed by atoms with Crippen LogP contribution in [0.25, 0.3) is 22.3 Å². The van der Waals surface area contributed by atoms with Crippen LogP contribution in [0.4, 0.5) is 0 Å². The molecule has 0 unspecified atom stereocenters. The molecular weight excluding hydrogens is 336 g/mol. The van der Waals surface area contributed by atoms with Crippen LogP contribution in [0.5, 0.6) is 0 Å². The van der Waals surface area contributed by atoms with E-state index in [1.807, 2.05) is 18.5 Å². The van der Waals surface area contributed by atoms with Crippen molar-refractivity contribution in [2.75, 3.05) is 6.54 Å². The first kappa shape index (κ1) is 16.0. The normalized spacial score (nSPS) is 14.2. The zero-order valence-electron chi connectivity index (χ0n) is 14.8. The van der Waals surface area contributed by atoms with E-state index < -0.39 is 0 Å².